The van der Waals surface area contributed by atoms with Crippen LogP contribution in [0.3, 0.4) is 0 Å². The lowest BCUT2D eigenvalue weighted by molar-refractivity contribution is 0.0291. The summed E-state index contributed by atoms with van der Waals surface area (Å²) in [5.74, 6) is 0. The number of hydrogen-bond donors (Lipinski definition) is 2. The average Bonchev–Trinajstić information content (AvgIpc) is 2.67. The van der Waals surface area contributed by atoms with Gasteiger partial charge in [0.05, 0.1) is 31.5 Å². The molecule has 0 saturated heterocycles. The number of rotatable bonds is 16. The van der Waals surface area contributed by atoms with Crippen molar-refractivity contribution in [2.45, 2.75) is 109 Å². The molecule has 1 aromatic carbocycles. The second-order valence-electron chi connectivity index (χ2n) is 10.2. The lowest BCUT2D eigenvalue weighted by Crippen LogP contribution is -2.45. The second-order valence-corrected chi connectivity index (χ2v) is 15.0. The van der Waals surface area contributed by atoms with Gasteiger partial charge in [-0.2, -0.15) is 0 Å². The molecular formula is C26H46O4Si. The summed E-state index contributed by atoms with van der Waals surface area (Å²) in [4.78, 5) is 0. The predicted molar refractivity (Wildman–Crippen MR) is 133 cm³/mol. The molecule has 0 spiro atoms. The van der Waals surface area contributed by atoms with Crippen LogP contribution < -0.4 is 0 Å². The monoisotopic (exact) mass is 450 g/mol. The van der Waals surface area contributed by atoms with Gasteiger partial charge in [0.2, 0.25) is 0 Å². The number of aliphatic hydroxyl groups excluding tert-OH is 2. The van der Waals surface area contributed by atoms with Crippen LogP contribution >= 0.6 is 0 Å². The fourth-order valence-electron chi connectivity index (χ4n) is 3.30. The van der Waals surface area contributed by atoms with Crippen LogP contribution in [-0.4, -0.2) is 43.4 Å². The van der Waals surface area contributed by atoms with E-state index >= 15 is 0 Å². The first-order valence-electron chi connectivity index (χ1n) is 11.8. The summed E-state index contributed by atoms with van der Waals surface area (Å²) in [7, 11) is -1.87. The standard InChI is InChI=1S/C26H46O4Si/c1-7-14-23(27)19-24(28)17-12-9-13-18-25(30-31(5,6)26(2,3)4)21-29-20-22-15-10-8-11-16-22/h7-8,10-11,15-16,23-25,27-28H,1,9,12-14,17-21H2,2-6H3/t23-,24-,25-/m0/s1. The highest BCUT2D eigenvalue weighted by molar-refractivity contribution is 6.74. The Hall–Kier alpha value is -0.983. The molecule has 0 radical (unpaired) electrons. The van der Waals surface area contributed by atoms with E-state index in [0.717, 1.165) is 32.1 Å². The van der Waals surface area contributed by atoms with Gasteiger partial charge >= 0.3 is 0 Å². The number of ether oxygens (including phenoxy) is 1. The molecule has 0 saturated carbocycles. The number of benzene rings is 1. The second kappa shape index (κ2) is 14.2. The van der Waals surface area contributed by atoms with Crippen molar-refractivity contribution in [3.05, 3.63) is 48.6 Å². The van der Waals surface area contributed by atoms with Crippen molar-refractivity contribution < 1.29 is 19.4 Å². The average molecular weight is 451 g/mol. The maximum Gasteiger partial charge on any atom is 0.192 e. The summed E-state index contributed by atoms with van der Waals surface area (Å²) < 4.78 is 12.7. The first kappa shape index (κ1) is 28.1. The van der Waals surface area contributed by atoms with Crippen LogP contribution in [0.4, 0.5) is 0 Å². The van der Waals surface area contributed by atoms with E-state index in [1.807, 2.05) is 18.2 Å². The molecule has 0 unspecified atom stereocenters. The van der Waals surface area contributed by atoms with Crippen molar-refractivity contribution in [3.8, 4) is 0 Å². The van der Waals surface area contributed by atoms with E-state index < -0.39 is 20.5 Å². The van der Waals surface area contributed by atoms with E-state index in [9.17, 15) is 10.2 Å². The summed E-state index contributed by atoms with van der Waals surface area (Å²) in [6.07, 6.45) is 6.58. The molecule has 1 rings (SSSR count). The van der Waals surface area contributed by atoms with E-state index in [1.54, 1.807) is 6.08 Å². The van der Waals surface area contributed by atoms with Crippen LogP contribution in [0.2, 0.25) is 18.1 Å². The lowest BCUT2D eigenvalue weighted by Gasteiger charge is -2.39. The fraction of sp³-hybridized carbons (Fsp3) is 0.692. The van der Waals surface area contributed by atoms with Crippen molar-refractivity contribution >= 4 is 8.32 Å². The summed E-state index contributed by atoms with van der Waals surface area (Å²) in [5, 5.41) is 20.0. The quantitative estimate of drug-likeness (QED) is 0.178. The maximum atomic E-state index is 10.1. The summed E-state index contributed by atoms with van der Waals surface area (Å²) in [5.41, 5.74) is 1.18. The zero-order chi connectivity index (χ0) is 23.3. The van der Waals surface area contributed by atoms with Crippen LogP contribution in [0.15, 0.2) is 43.0 Å². The Morgan fingerprint density at radius 2 is 1.65 bits per heavy atom. The highest BCUT2D eigenvalue weighted by Gasteiger charge is 2.39. The molecule has 0 aliphatic rings. The molecule has 178 valence electrons. The number of hydrogen-bond acceptors (Lipinski definition) is 4. The van der Waals surface area contributed by atoms with Crippen LogP contribution in [-0.2, 0) is 15.8 Å². The minimum Gasteiger partial charge on any atom is -0.412 e. The third kappa shape index (κ3) is 12.0. The molecule has 0 aromatic heterocycles. The van der Waals surface area contributed by atoms with Crippen LogP contribution in [0, 0.1) is 0 Å². The topological polar surface area (TPSA) is 58.9 Å². The molecule has 5 heteroatoms. The molecular weight excluding hydrogens is 404 g/mol. The molecule has 4 nitrogen and oxygen atoms in total. The Morgan fingerprint density at radius 1 is 1.00 bits per heavy atom. The zero-order valence-electron chi connectivity index (χ0n) is 20.5. The molecule has 0 bridgehead atoms. The molecule has 0 heterocycles. The van der Waals surface area contributed by atoms with Crippen molar-refractivity contribution in [2.24, 2.45) is 0 Å². The zero-order valence-corrected chi connectivity index (χ0v) is 21.5. The molecule has 0 fully saturated rings. The van der Waals surface area contributed by atoms with Gasteiger partial charge in [0, 0.05) is 0 Å². The molecule has 31 heavy (non-hydrogen) atoms. The first-order chi connectivity index (χ1) is 14.5. The SMILES string of the molecule is C=CC[C@H](O)C[C@@H](O)CCCCC[C@@H](COCc1ccccc1)O[Si](C)(C)C(C)(C)C. The molecule has 2 N–H and O–H groups in total. The van der Waals surface area contributed by atoms with Crippen molar-refractivity contribution in [1.82, 2.24) is 0 Å². The maximum absolute atomic E-state index is 10.1. The van der Waals surface area contributed by atoms with E-state index in [4.69, 9.17) is 9.16 Å². The van der Waals surface area contributed by atoms with Gasteiger partial charge in [0.25, 0.3) is 0 Å². The van der Waals surface area contributed by atoms with Crippen molar-refractivity contribution in [3.63, 3.8) is 0 Å². The van der Waals surface area contributed by atoms with E-state index in [-0.39, 0.29) is 11.1 Å². The van der Waals surface area contributed by atoms with E-state index in [2.05, 4.69) is 52.6 Å². The van der Waals surface area contributed by atoms with Gasteiger partial charge in [-0.25, -0.2) is 0 Å². The van der Waals surface area contributed by atoms with E-state index in [1.165, 1.54) is 5.56 Å². The lowest BCUT2D eigenvalue weighted by atomic mass is 10.0. The van der Waals surface area contributed by atoms with E-state index in [0.29, 0.717) is 26.1 Å². The number of aliphatic hydroxyl groups is 2. The largest absolute Gasteiger partial charge is 0.412 e. The van der Waals surface area contributed by atoms with Gasteiger partial charge in [0.1, 0.15) is 0 Å². The molecule has 3 atom stereocenters. The predicted octanol–water partition coefficient (Wildman–Crippen LogP) is 6.23. The molecule has 0 aliphatic carbocycles. The van der Waals surface area contributed by atoms with Gasteiger partial charge < -0.3 is 19.4 Å². The van der Waals surface area contributed by atoms with Gasteiger partial charge in [-0.15, -0.1) is 6.58 Å². The summed E-state index contributed by atoms with van der Waals surface area (Å²) >= 11 is 0. The third-order valence-corrected chi connectivity index (χ3v) is 10.8. The molecule has 0 amide bonds. The Labute approximate surface area is 191 Å². The van der Waals surface area contributed by atoms with Crippen LogP contribution in [0.25, 0.3) is 0 Å². The van der Waals surface area contributed by atoms with Gasteiger partial charge in [-0.05, 0) is 49.4 Å². The summed E-state index contributed by atoms with van der Waals surface area (Å²) in [6.45, 7) is 16.2. The Bertz CT molecular complexity index is 597. The highest BCUT2D eigenvalue weighted by atomic mass is 28.4. The van der Waals surface area contributed by atoms with Gasteiger partial charge in [0.15, 0.2) is 8.32 Å². The Balaban J connectivity index is 2.45. The minimum atomic E-state index is -1.87. The highest BCUT2D eigenvalue weighted by Crippen LogP contribution is 2.37. The minimum absolute atomic E-state index is 0.101. The van der Waals surface area contributed by atoms with Gasteiger partial charge in [-0.3, -0.25) is 0 Å². The first-order valence-corrected chi connectivity index (χ1v) is 14.7. The van der Waals surface area contributed by atoms with Gasteiger partial charge in [-0.1, -0.05) is 76.4 Å². The van der Waals surface area contributed by atoms with Crippen molar-refractivity contribution in [1.29, 1.82) is 0 Å². The van der Waals surface area contributed by atoms with Crippen LogP contribution in [0.1, 0.15) is 71.3 Å². The Kier molecular flexibility index (Phi) is 12.9. The molecule has 1 aromatic rings. The van der Waals surface area contributed by atoms with Crippen LogP contribution in [0.5, 0.6) is 0 Å². The fourth-order valence-corrected chi connectivity index (χ4v) is 4.67. The number of unbranched alkanes of at least 4 members (excludes halogenated alkanes) is 2. The normalized spacial score (nSPS) is 15.5. The third-order valence-electron chi connectivity index (χ3n) is 6.23. The Morgan fingerprint density at radius 3 is 2.26 bits per heavy atom. The smallest absolute Gasteiger partial charge is 0.192 e. The summed E-state index contributed by atoms with van der Waals surface area (Å²) in [6, 6.07) is 10.3. The molecule has 0 aliphatic heterocycles. The van der Waals surface area contributed by atoms with Crippen molar-refractivity contribution in [2.75, 3.05) is 6.61 Å².